The van der Waals surface area contributed by atoms with Crippen LogP contribution >= 0.6 is 15.9 Å². The van der Waals surface area contributed by atoms with Gasteiger partial charge in [0, 0.05) is 5.56 Å². The number of rotatable bonds is 5. The molecule has 110 valence electrons. The summed E-state index contributed by atoms with van der Waals surface area (Å²) in [5.74, 6) is -2.07. The van der Waals surface area contributed by atoms with E-state index in [1.54, 1.807) is 24.3 Å². The first kappa shape index (κ1) is 15.6. The van der Waals surface area contributed by atoms with Gasteiger partial charge in [-0.1, -0.05) is 19.1 Å². The highest BCUT2D eigenvalue weighted by Crippen LogP contribution is 2.28. The van der Waals surface area contributed by atoms with E-state index in [0.29, 0.717) is 17.9 Å². The van der Waals surface area contributed by atoms with Crippen LogP contribution in [0.2, 0.25) is 0 Å². The monoisotopic (exact) mass is 354 g/mol. The van der Waals surface area contributed by atoms with Crippen molar-refractivity contribution in [1.29, 1.82) is 0 Å². The largest absolute Gasteiger partial charge is 0.493 e. The highest BCUT2D eigenvalue weighted by molar-refractivity contribution is 9.10. The molecule has 0 radical (unpaired) electrons. The maximum Gasteiger partial charge on any atom is 0.197 e. The quantitative estimate of drug-likeness (QED) is 0.572. The number of ketones is 1. The lowest BCUT2D eigenvalue weighted by atomic mass is 10.0. The van der Waals surface area contributed by atoms with Gasteiger partial charge in [-0.3, -0.25) is 4.79 Å². The van der Waals surface area contributed by atoms with Crippen molar-refractivity contribution < 1.29 is 18.3 Å². The van der Waals surface area contributed by atoms with Crippen LogP contribution in [0.1, 0.15) is 29.3 Å². The molecule has 21 heavy (non-hydrogen) atoms. The molecule has 0 amide bonds. The second-order valence-corrected chi connectivity index (χ2v) is 5.19. The Kier molecular flexibility index (Phi) is 5.07. The predicted octanol–water partition coefficient (Wildman–Crippen LogP) is 4.75. The maximum absolute atomic E-state index is 13.6. The van der Waals surface area contributed by atoms with Crippen molar-refractivity contribution >= 4 is 21.7 Å². The van der Waals surface area contributed by atoms with Crippen LogP contribution in [0.3, 0.4) is 0 Å². The minimum absolute atomic E-state index is 0.0569. The lowest BCUT2D eigenvalue weighted by Crippen LogP contribution is -2.08. The molecule has 0 saturated heterocycles. The molecule has 2 nitrogen and oxygen atoms in total. The van der Waals surface area contributed by atoms with E-state index < -0.39 is 17.4 Å². The van der Waals surface area contributed by atoms with Gasteiger partial charge in [0.2, 0.25) is 0 Å². The van der Waals surface area contributed by atoms with E-state index in [0.717, 1.165) is 12.5 Å². The van der Waals surface area contributed by atoms with Gasteiger partial charge in [-0.05, 0) is 46.6 Å². The summed E-state index contributed by atoms with van der Waals surface area (Å²) in [6, 6.07) is 8.91. The summed E-state index contributed by atoms with van der Waals surface area (Å²) >= 11 is 2.93. The smallest absolute Gasteiger partial charge is 0.197 e. The van der Waals surface area contributed by atoms with Gasteiger partial charge in [0.25, 0.3) is 0 Å². The number of benzene rings is 2. The van der Waals surface area contributed by atoms with Crippen LogP contribution in [0.4, 0.5) is 8.78 Å². The second-order valence-electron chi connectivity index (χ2n) is 4.40. The summed E-state index contributed by atoms with van der Waals surface area (Å²) in [6.45, 7) is 2.43. The van der Waals surface area contributed by atoms with Crippen molar-refractivity contribution in [2.45, 2.75) is 13.3 Å². The standard InChI is InChI=1S/C16H13BrF2O2/c1-2-9-21-13-6-4-3-5-10(13)16(20)11-7-8-12(18)15(19)14(11)17/h3-8H,2,9H2,1H3. The third kappa shape index (κ3) is 3.29. The van der Waals surface area contributed by atoms with Crippen LogP contribution in [0.15, 0.2) is 40.9 Å². The van der Waals surface area contributed by atoms with Crippen LogP contribution in [-0.4, -0.2) is 12.4 Å². The Morgan fingerprint density at radius 2 is 1.86 bits per heavy atom. The number of hydrogen-bond acceptors (Lipinski definition) is 2. The number of ether oxygens (including phenoxy) is 1. The summed E-state index contributed by atoms with van der Waals surface area (Å²) in [5, 5.41) is 0. The molecule has 0 fully saturated rings. The summed E-state index contributed by atoms with van der Waals surface area (Å²) in [6.07, 6.45) is 0.803. The summed E-state index contributed by atoms with van der Waals surface area (Å²) < 4.78 is 32.0. The summed E-state index contributed by atoms with van der Waals surface area (Å²) in [4.78, 5) is 12.5. The van der Waals surface area contributed by atoms with Gasteiger partial charge >= 0.3 is 0 Å². The van der Waals surface area contributed by atoms with Crippen LogP contribution in [-0.2, 0) is 0 Å². The van der Waals surface area contributed by atoms with Crippen molar-refractivity contribution in [3.8, 4) is 5.75 Å². The van der Waals surface area contributed by atoms with E-state index in [9.17, 15) is 13.6 Å². The van der Waals surface area contributed by atoms with Crippen molar-refractivity contribution in [3.05, 3.63) is 63.6 Å². The van der Waals surface area contributed by atoms with Crippen LogP contribution in [0.25, 0.3) is 0 Å². The van der Waals surface area contributed by atoms with Gasteiger partial charge in [0.1, 0.15) is 5.75 Å². The molecular formula is C16H13BrF2O2. The Morgan fingerprint density at radius 3 is 2.57 bits per heavy atom. The zero-order valence-electron chi connectivity index (χ0n) is 11.3. The minimum Gasteiger partial charge on any atom is -0.493 e. The zero-order chi connectivity index (χ0) is 15.4. The third-order valence-electron chi connectivity index (χ3n) is 2.87. The highest BCUT2D eigenvalue weighted by Gasteiger charge is 2.20. The number of halogens is 3. The third-order valence-corrected chi connectivity index (χ3v) is 3.65. The van der Waals surface area contributed by atoms with E-state index >= 15 is 0 Å². The molecule has 0 N–H and O–H groups in total. The SMILES string of the molecule is CCCOc1ccccc1C(=O)c1ccc(F)c(F)c1Br. The minimum atomic E-state index is -1.08. The molecule has 0 bridgehead atoms. The zero-order valence-corrected chi connectivity index (χ0v) is 12.9. The summed E-state index contributed by atoms with van der Waals surface area (Å²) in [5.41, 5.74) is 0.374. The van der Waals surface area contributed by atoms with Gasteiger partial charge in [0.15, 0.2) is 17.4 Å². The molecule has 2 rings (SSSR count). The first-order chi connectivity index (χ1) is 10.1. The molecule has 5 heteroatoms. The molecule has 0 aliphatic carbocycles. The molecule has 0 aliphatic rings. The van der Waals surface area contributed by atoms with Crippen LogP contribution in [0, 0.1) is 11.6 Å². The fraction of sp³-hybridized carbons (Fsp3) is 0.188. The molecule has 2 aromatic carbocycles. The normalized spacial score (nSPS) is 10.5. The van der Waals surface area contributed by atoms with E-state index in [1.165, 1.54) is 6.07 Å². The van der Waals surface area contributed by atoms with Crippen molar-refractivity contribution in [3.63, 3.8) is 0 Å². The molecule has 0 unspecified atom stereocenters. The molecule has 0 spiro atoms. The van der Waals surface area contributed by atoms with Crippen molar-refractivity contribution in [1.82, 2.24) is 0 Å². The highest BCUT2D eigenvalue weighted by atomic mass is 79.9. The lowest BCUT2D eigenvalue weighted by molar-refractivity contribution is 0.103. The van der Waals surface area contributed by atoms with Gasteiger partial charge in [-0.2, -0.15) is 0 Å². The van der Waals surface area contributed by atoms with Crippen LogP contribution < -0.4 is 4.74 Å². The first-order valence-corrected chi connectivity index (χ1v) is 7.25. The molecule has 0 heterocycles. The topological polar surface area (TPSA) is 26.3 Å². The second kappa shape index (κ2) is 6.80. The molecular weight excluding hydrogens is 342 g/mol. The van der Waals surface area contributed by atoms with Crippen LogP contribution in [0.5, 0.6) is 5.75 Å². The van der Waals surface area contributed by atoms with Gasteiger partial charge < -0.3 is 4.74 Å². The molecule has 0 saturated carbocycles. The fourth-order valence-electron chi connectivity index (χ4n) is 1.84. The van der Waals surface area contributed by atoms with E-state index in [-0.39, 0.29) is 10.0 Å². The Bertz CT molecular complexity index is 671. The Balaban J connectivity index is 2.43. The Labute approximate surface area is 129 Å². The Morgan fingerprint density at radius 1 is 1.14 bits per heavy atom. The number of para-hydroxylation sites is 1. The molecule has 2 aromatic rings. The van der Waals surface area contributed by atoms with Gasteiger partial charge in [-0.25, -0.2) is 8.78 Å². The predicted molar refractivity (Wildman–Crippen MR) is 79.7 cm³/mol. The average molecular weight is 355 g/mol. The van der Waals surface area contributed by atoms with Crippen molar-refractivity contribution in [2.75, 3.05) is 6.61 Å². The fourth-order valence-corrected chi connectivity index (χ4v) is 2.34. The average Bonchev–Trinajstić information content (AvgIpc) is 2.50. The number of hydrogen-bond donors (Lipinski definition) is 0. The van der Waals surface area contributed by atoms with Crippen molar-refractivity contribution in [2.24, 2.45) is 0 Å². The molecule has 0 aromatic heterocycles. The maximum atomic E-state index is 13.6. The lowest BCUT2D eigenvalue weighted by Gasteiger charge is -2.11. The van der Waals surface area contributed by atoms with E-state index in [2.05, 4.69) is 15.9 Å². The van der Waals surface area contributed by atoms with E-state index in [4.69, 9.17) is 4.74 Å². The molecule has 0 atom stereocenters. The van der Waals surface area contributed by atoms with Gasteiger partial charge in [0.05, 0.1) is 16.6 Å². The number of carbonyl (C=O) groups is 1. The summed E-state index contributed by atoms with van der Waals surface area (Å²) in [7, 11) is 0. The number of carbonyl (C=O) groups excluding carboxylic acids is 1. The first-order valence-electron chi connectivity index (χ1n) is 6.46. The molecule has 0 aliphatic heterocycles. The van der Waals surface area contributed by atoms with Gasteiger partial charge in [-0.15, -0.1) is 0 Å². The van der Waals surface area contributed by atoms with E-state index in [1.807, 2.05) is 6.92 Å². The Hall–Kier alpha value is -1.75.